The number of carbonyl (C=O) groups excluding carboxylic acids is 7. The molecule has 0 aliphatic carbocycles. The average molecular weight is 1180 g/mol. The second-order valence-corrected chi connectivity index (χ2v) is 17.0. The van der Waals surface area contributed by atoms with Crippen molar-refractivity contribution in [3.8, 4) is 0 Å². The molecule has 0 aliphatic rings. The number of ketones is 4. The van der Waals surface area contributed by atoms with Gasteiger partial charge in [0.05, 0.1) is 44.6 Å². The Balaban J connectivity index is 0.000000998. The molecule has 0 atom stereocenters. The van der Waals surface area contributed by atoms with Crippen LogP contribution < -0.4 is 24.7 Å². The molecule has 81 heavy (non-hydrogen) atoms. The molecule has 0 unspecified atom stereocenters. The van der Waals surface area contributed by atoms with Gasteiger partial charge in [-0.2, -0.15) is 0 Å². The van der Waals surface area contributed by atoms with Crippen LogP contribution in [0.1, 0.15) is 135 Å². The quantitative estimate of drug-likeness (QED) is 0.0228. The van der Waals surface area contributed by atoms with Gasteiger partial charge < -0.3 is 45.5 Å². The molecule has 0 amide bonds. The van der Waals surface area contributed by atoms with E-state index in [4.69, 9.17) is 24.5 Å². The third-order valence-corrected chi connectivity index (χ3v) is 10.6. The normalized spacial score (nSPS) is 9.90. The molecule has 8 heterocycles. The van der Waals surface area contributed by atoms with E-state index in [2.05, 4.69) is 48.3 Å². The summed E-state index contributed by atoms with van der Waals surface area (Å²) in [6.45, 7) is 15.6. The first-order valence-electron chi connectivity index (χ1n) is 23.8. The maximum absolute atomic E-state index is 11.8. The largest absolute Gasteiger partial charge is 1.00 e. The van der Waals surface area contributed by atoms with Gasteiger partial charge in [-0.3, -0.25) is 27.2 Å². The number of nitrogens with two attached hydrogens (primary N) is 1. The van der Waals surface area contributed by atoms with E-state index in [0.717, 1.165) is 26.8 Å². The molecule has 8 aromatic heterocycles. The van der Waals surface area contributed by atoms with Gasteiger partial charge in [0.25, 0.3) is 0 Å². The van der Waals surface area contributed by atoms with Crippen molar-refractivity contribution in [3.05, 3.63) is 166 Å². The van der Waals surface area contributed by atoms with Crippen molar-refractivity contribution < 1.29 is 81.7 Å². The summed E-state index contributed by atoms with van der Waals surface area (Å²) in [7, 11) is 0. The minimum atomic E-state index is -1.01. The van der Waals surface area contributed by atoms with E-state index in [-0.39, 0.29) is 68.5 Å². The van der Waals surface area contributed by atoms with Crippen molar-refractivity contribution in [1.29, 1.82) is 0 Å². The maximum atomic E-state index is 11.8. The third-order valence-electron chi connectivity index (χ3n) is 10.1. The van der Waals surface area contributed by atoms with Crippen LogP contribution >= 0.6 is 15.9 Å². The number of imidazole rings is 4. The van der Waals surface area contributed by atoms with Gasteiger partial charge in [0.2, 0.25) is 0 Å². The van der Waals surface area contributed by atoms with Crippen molar-refractivity contribution in [2.75, 3.05) is 19.8 Å². The number of aromatic nitrogens is 8. The molecule has 0 saturated carbocycles. The van der Waals surface area contributed by atoms with E-state index < -0.39 is 17.9 Å². The summed E-state index contributed by atoms with van der Waals surface area (Å²) in [5.74, 6) is 2.11. The van der Waals surface area contributed by atoms with Crippen molar-refractivity contribution in [1.82, 2.24) is 37.5 Å². The minimum absolute atomic E-state index is 0. The summed E-state index contributed by atoms with van der Waals surface area (Å²) in [6.07, 6.45) is 19.6. The number of esters is 3. The molecule has 25 heteroatoms. The Morgan fingerprint density at radius 1 is 0.580 bits per heavy atom. The van der Waals surface area contributed by atoms with Crippen LogP contribution in [-0.4, -0.2) is 115 Å². The molecule has 0 saturated heterocycles. The zero-order valence-electron chi connectivity index (χ0n) is 45.0. The van der Waals surface area contributed by atoms with E-state index in [1.807, 2.05) is 48.2 Å². The number of pyridine rings is 4. The van der Waals surface area contributed by atoms with Crippen LogP contribution in [-0.2, 0) is 46.2 Å². The number of hydrogen-bond donors (Lipinski definition) is 3. The van der Waals surface area contributed by atoms with Gasteiger partial charge in [0.1, 0.15) is 34.2 Å². The molecule has 8 rings (SSSR count). The maximum Gasteiger partial charge on any atom is 1.00 e. The van der Waals surface area contributed by atoms with Crippen LogP contribution in [0.5, 0.6) is 0 Å². The van der Waals surface area contributed by atoms with Crippen LogP contribution in [0.25, 0.3) is 34.3 Å². The second kappa shape index (κ2) is 37.6. The molecule has 0 radical (unpaired) electrons. The number of halogens is 1. The molecule has 0 bridgehead atoms. The number of nitrogens with zero attached hydrogens (tertiary/aromatic N) is 9. The number of carboxylic acid groups (broad SMARTS) is 1. The van der Waals surface area contributed by atoms with Crippen LogP contribution in [0.2, 0.25) is 0 Å². The van der Waals surface area contributed by atoms with Crippen molar-refractivity contribution in [2.45, 2.75) is 89.0 Å². The van der Waals surface area contributed by atoms with E-state index in [9.17, 15) is 38.4 Å². The molecular formula is C56H68BrLiN10O13. The first-order chi connectivity index (χ1) is 37.2. The molecule has 4 N–H and O–H groups in total. The Bertz CT molecular complexity index is 3420. The first-order valence-corrected chi connectivity index (χ1v) is 24.6. The molecular weight excluding hydrogens is 1110 g/mol. The SMILES string of the molecule is C.C.C=CC(C)=O.CC(=O)CCc1ccc2ncc(C(=O)O)n2c1.CCOC(=O)c1cnc2ccc(/C=C/C(C)=O)cn12.CCOC(=O)c1cnc2ccc(Br)cn12.CCOC(=O)c1cnc2ccc(CCC(C)=O)cn12.N[N-]O.[Li+]. The predicted molar refractivity (Wildman–Crippen MR) is 305 cm³/mol. The monoisotopic (exact) mass is 1170 g/mol. The number of carboxylic acids is 1. The topological polar surface area (TPSA) is 314 Å². The number of carbonyl (C=O) groups is 8. The Morgan fingerprint density at radius 2 is 0.914 bits per heavy atom. The van der Waals surface area contributed by atoms with Gasteiger partial charge in [0, 0.05) is 42.1 Å². The summed E-state index contributed by atoms with van der Waals surface area (Å²) < 4.78 is 22.3. The Labute approximate surface area is 489 Å². The predicted octanol–water partition coefficient (Wildman–Crippen LogP) is 6.63. The Kier molecular flexibility index (Phi) is 33.8. The van der Waals surface area contributed by atoms with E-state index in [0.29, 0.717) is 79.5 Å². The van der Waals surface area contributed by atoms with E-state index in [1.165, 1.54) is 55.2 Å². The second-order valence-electron chi connectivity index (χ2n) is 16.1. The number of ether oxygens (including phenoxy) is 3. The molecule has 0 aliphatic heterocycles. The molecule has 0 aromatic carbocycles. The molecule has 8 aromatic rings. The fourth-order valence-electron chi connectivity index (χ4n) is 6.48. The fourth-order valence-corrected chi connectivity index (χ4v) is 6.81. The zero-order chi connectivity index (χ0) is 57.9. The number of aryl methyl sites for hydroxylation is 2. The number of Topliss-reactive ketones (excluding diaryl/α,β-unsaturated/α-hetero) is 2. The Hall–Kier alpha value is -8.24. The minimum Gasteiger partial charge on any atom is -0.488 e. The van der Waals surface area contributed by atoms with Crippen LogP contribution in [0, 0.1) is 0 Å². The van der Waals surface area contributed by atoms with E-state index >= 15 is 0 Å². The molecule has 428 valence electrons. The molecule has 0 spiro atoms. The number of allylic oxidation sites excluding steroid dienone is 2. The fraction of sp³-hybridized carbons (Fsp3) is 0.286. The summed E-state index contributed by atoms with van der Waals surface area (Å²) in [6, 6.07) is 14.7. The number of fused-ring (bicyclic) bond motifs is 4. The first kappa shape index (κ1) is 72.8. The third kappa shape index (κ3) is 23.6. The van der Waals surface area contributed by atoms with Gasteiger partial charge in [-0.05, 0) is 149 Å². The Morgan fingerprint density at radius 3 is 1.26 bits per heavy atom. The van der Waals surface area contributed by atoms with Gasteiger partial charge in [-0.1, -0.05) is 33.6 Å². The van der Waals surface area contributed by atoms with Crippen LogP contribution in [0.3, 0.4) is 0 Å². The molecule has 23 nitrogen and oxygen atoms in total. The summed E-state index contributed by atoms with van der Waals surface area (Å²) in [5.41, 5.74) is 8.73. The smallest absolute Gasteiger partial charge is 0.488 e. The molecule has 0 fully saturated rings. The average Bonchev–Trinajstić information content (AvgIpc) is 4.23. The number of aromatic carboxylic acids is 1. The number of hydrogen-bond acceptors (Lipinski definition) is 17. The zero-order valence-corrected chi connectivity index (χ0v) is 46.6. The summed E-state index contributed by atoms with van der Waals surface area (Å²) >= 11 is 3.34. The summed E-state index contributed by atoms with van der Waals surface area (Å²) in [5, 5.41) is 15.9. The van der Waals surface area contributed by atoms with Crippen LogP contribution in [0.15, 0.2) is 121 Å². The van der Waals surface area contributed by atoms with Crippen molar-refractivity contribution >= 4 is 91.6 Å². The van der Waals surface area contributed by atoms with Gasteiger partial charge in [-0.25, -0.2) is 39.1 Å². The van der Waals surface area contributed by atoms with Gasteiger partial charge in [0.15, 0.2) is 34.3 Å². The summed E-state index contributed by atoms with van der Waals surface area (Å²) in [4.78, 5) is 105. The van der Waals surface area contributed by atoms with Crippen molar-refractivity contribution in [2.24, 2.45) is 5.84 Å². The van der Waals surface area contributed by atoms with Gasteiger partial charge in [-0.15, -0.1) is 0 Å². The van der Waals surface area contributed by atoms with Crippen molar-refractivity contribution in [3.63, 3.8) is 0 Å². The van der Waals surface area contributed by atoms with E-state index in [1.54, 1.807) is 84.6 Å². The number of rotatable bonds is 16. The van der Waals surface area contributed by atoms with Gasteiger partial charge >= 0.3 is 42.7 Å². The standard InChI is InChI=1S/C14H16N2O3.C14H14N2O3.C12H12N2O3.C10H9BrN2O2.C4H6O.2CH4.Li.H3N2O/c2*1-3-19-14(18)12-8-15-13-7-6-11(9-16(12)13)5-4-10(2)17;1-8(15)2-3-9-4-5-11-13-6-10(12(16)17)14(11)7-9;1-2-15-10(14)8-5-12-9-4-3-7(11)6-13(8)9;1-3-4(2)5;;;;1-2-3/h6-9H,3-5H2,1-2H3;4-9H,3H2,1-2H3;4-7H,2-3H2,1H3,(H,16,17);3-6H,2H2,1H3;3H,1H2,2H3;2*1H4;;3H,1H2/q;;;;;;;+1;-1/b;5-4+;;;;;;;. The van der Waals surface area contributed by atoms with Crippen LogP contribution in [0.4, 0.5) is 0 Å².